The van der Waals surface area contributed by atoms with Crippen LogP contribution in [0, 0.1) is 0 Å². The zero-order valence-corrected chi connectivity index (χ0v) is 25.6. The average Bonchev–Trinajstić information content (AvgIpc) is 3.70. The maximum Gasteiger partial charge on any atom is 0.284 e. The van der Waals surface area contributed by atoms with E-state index in [-0.39, 0.29) is 35.0 Å². The number of nitrogens with one attached hydrogen (secondary N) is 2. The first kappa shape index (κ1) is 30.9. The summed E-state index contributed by atoms with van der Waals surface area (Å²) in [5.74, 6) is -0.790. The fourth-order valence-corrected chi connectivity index (χ4v) is 6.62. The molecule has 2 N–H and O–H groups in total. The molecular formula is C32H35F2N9O4. The molecule has 4 aromatic rings. The van der Waals surface area contributed by atoms with Crippen LogP contribution in [0.1, 0.15) is 71.2 Å². The van der Waals surface area contributed by atoms with Gasteiger partial charge < -0.3 is 15.0 Å². The monoisotopic (exact) mass is 647 g/mol. The predicted molar refractivity (Wildman–Crippen MR) is 166 cm³/mol. The first-order chi connectivity index (χ1) is 22.8. The lowest BCUT2D eigenvalue weighted by Crippen LogP contribution is -2.40. The number of amides is 3. The second kappa shape index (κ2) is 13.2. The molecule has 7 rings (SSSR count). The summed E-state index contributed by atoms with van der Waals surface area (Å²) in [7, 11) is 0. The van der Waals surface area contributed by atoms with E-state index in [1.807, 2.05) is 30.3 Å². The zero-order valence-electron chi connectivity index (χ0n) is 25.6. The molecule has 3 aromatic heterocycles. The van der Waals surface area contributed by atoms with E-state index < -0.39 is 18.0 Å². The lowest BCUT2D eigenvalue weighted by atomic mass is 9.87. The highest BCUT2D eigenvalue weighted by Gasteiger charge is 2.31. The standard InChI is InChI=1S/C32H35F2N9O4/c33-29(34)28-25(36-32(46)24-17-35-42-12-9-26(37-30(24)42)41-13-15-47-16-14-41)19-43(39-28)21-7-10-40(11-8-21)18-20-3-1-2-4-22(20)23-5-6-27(44)38-31(23)45/h1-4,9,12,17,19,21,23,29H,5-8,10-11,13-16,18H2,(H,36,46)(H,38,44,45). The number of aromatic nitrogens is 5. The third kappa shape index (κ3) is 6.45. The molecule has 1 unspecified atom stereocenters. The van der Waals surface area contributed by atoms with Gasteiger partial charge >= 0.3 is 0 Å². The van der Waals surface area contributed by atoms with Crippen molar-refractivity contribution in [2.24, 2.45) is 0 Å². The average molecular weight is 648 g/mol. The molecule has 0 spiro atoms. The van der Waals surface area contributed by atoms with Crippen LogP contribution in [0.4, 0.5) is 20.3 Å². The lowest BCUT2D eigenvalue weighted by Gasteiger charge is -2.33. The number of hydrogen-bond acceptors (Lipinski definition) is 9. The second-order valence-electron chi connectivity index (χ2n) is 12.1. The zero-order chi connectivity index (χ0) is 32.5. The Bertz CT molecular complexity index is 1790. The van der Waals surface area contributed by atoms with E-state index in [0.717, 1.165) is 11.1 Å². The number of likely N-dealkylation sites (tertiary alicyclic amines) is 1. The third-order valence-corrected chi connectivity index (χ3v) is 9.14. The number of halogens is 2. The molecule has 3 saturated heterocycles. The number of piperidine rings is 2. The van der Waals surface area contributed by atoms with E-state index in [9.17, 15) is 23.2 Å². The van der Waals surface area contributed by atoms with Gasteiger partial charge in [0, 0.05) is 51.5 Å². The highest BCUT2D eigenvalue weighted by atomic mass is 19.3. The van der Waals surface area contributed by atoms with Crippen LogP contribution >= 0.6 is 0 Å². The SMILES string of the molecule is O=C1CCC(c2ccccc2CN2CCC(n3cc(NC(=O)c4cnn5ccc(N6CCOCC6)nc45)c(C(F)F)n3)CC2)C(=O)N1. The number of morpholine rings is 1. The van der Waals surface area contributed by atoms with Crippen molar-refractivity contribution >= 4 is 34.9 Å². The molecule has 1 aromatic carbocycles. The first-order valence-corrected chi connectivity index (χ1v) is 15.8. The summed E-state index contributed by atoms with van der Waals surface area (Å²) in [6.45, 7) is 4.52. The number of imide groups is 1. The van der Waals surface area contributed by atoms with E-state index in [1.165, 1.54) is 21.6 Å². The minimum Gasteiger partial charge on any atom is -0.378 e. The number of alkyl halides is 2. The van der Waals surface area contributed by atoms with Gasteiger partial charge in [0.1, 0.15) is 11.4 Å². The van der Waals surface area contributed by atoms with Crippen LogP contribution in [-0.4, -0.2) is 86.4 Å². The minimum absolute atomic E-state index is 0.0470. The number of rotatable bonds is 8. The van der Waals surface area contributed by atoms with Gasteiger partial charge in [-0.2, -0.15) is 10.2 Å². The summed E-state index contributed by atoms with van der Waals surface area (Å²) in [6, 6.07) is 9.47. The molecule has 15 heteroatoms. The van der Waals surface area contributed by atoms with E-state index in [1.54, 1.807) is 6.20 Å². The van der Waals surface area contributed by atoms with Gasteiger partial charge in [0.2, 0.25) is 11.8 Å². The Labute approximate surface area is 268 Å². The Morgan fingerprint density at radius 1 is 1.06 bits per heavy atom. The van der Waals surface area contributed by atoms with Gasteiger partial charge in [0.05, 0.1) is 37.1 Å². The van der Waals surface area contributed by atoms with Crippen molar-refractivity contribution in [3.8, 4) is 0 Å². The van der Waals surface area contributed by atoms with Gasteiger partial charge in [-0.25, -0.2) is 18.3 Å². The molecule has 13 nitrogen and oxygen atoms in total. The molecule has 0 radical (unpaired) electrons. The van der Waals surface area contributed by atoms with Crippen LogP contribution in [0.15, 0.2) is 48.9 Å². The highest BCUT2D eigenvalue weighted by molar-refractivity contribution is 6.08. The normalized spacial score (nSPS) is 19.8. The molecule has 246 valence electrons. The van der Waals surface area contributed by atoms with E-state index in [4.69, 9.17) is 4.74 Å². The lowest BCUT2D eigenvalue weighted by molar-refractivity contribution is -0.134. The van der Waals surface area contributed by atoms with Crippen LogP contribution in [0.25, 0.3) is 5.65 Å². The van der Waals surface area contributed by atoms with Gasteiger partial charge in [-0.15, -0.1) is 0 Å². The number of carbonyl (C=O) groups is 3. The molecule has 3 aliphatic heterocycles. The second-order valence-corrected chi connectivity index (χ2v) is 12.1. The summed E-state index contributed by atoms with van der Waals surface area (Å²) in [4.78, 5) is 46.5. The Morgan fingerprint density at radius 3 is 2.62 bits per heavy atom. The topological polar surface area (TPSA) is 139 Å². The molecule has 0 saturated carbocycles. The maximum atomic E-state index is 14.1. The van der Waals surface area contributed by atoms with Crippen LogP contribution in [0.2, 0.25) is 0 Å². The summed E-state index contributed by atoms with van der Waals surface area (Å²) in [6.07, 6.45) is 3.82. The van der Waals surface area contributed by atoms with E-state index in [2.05, 4.69) is 35.6 Å². The van der Waals surface area contributed by atoms with Gasteiger partial charge in [-0.1, -0.05) is 24.3 Å². The number of anilines is 2. The molecule has 3 aliphatic rings. The molecular weight excluding hydrogens is 612 g/mol. The summed E-state index contributed by atoms with van der Waals surface area (Å²) in [5, 5.41) is 13.5. The fourth-order valence-electron chi connectivity index (χ4n) is 6.62. The third-order valence-electron chi connectivity index (χ3n) is 9.14. The molecule has 3 fully saturated rings. The van der Waals surface area contributed by atoms with Crippen molar-refractivity contribution in [2.45, 2.75) is 50.6 Å². The van der Waals surface area contributed by atoms with E-state index in [0.29, 0.717) is 83.1 Å². The van der Waals surface area contributed by atoms with Crippen molar-refractivity contribution in [1.82, 2.24) is 34.6 Å². The smallest absolute Gasteiger partial charge is 0.284 e. The molecule has 3 amide bonds. The number of ether oxygens (including phenoxy) is 1. The number of nitrogens with zero attached hydrogens (tertiary/aromatic N) is 7. The number of fused-ring (bicyclic) bond motifs is 1. The summed E-state index contributed by atoms with van der Waals surface area (Å²) in [5.41, 5.74) is 1.91. The summed E-state index contributed by atoms with van der Waals surface area (Å²) >= 11 is 0. The molecule has 6 heterocycles. The Hall–Kier alpha value is -4.76. The number of benzene rings is 1. The van der Waals surface area contributed by atoms with Crippen molar-refractivity contribution < 1.29 is 27.9 Å². The van der Waals surface area contributed by atoms with Gasteiger partial charge in [0.15, 0.2) is 11.3 Å². The van der Waals surface area contributed by atoms with Gasteiger partial charge in [-0.3, -0.25) is 29.3 Å². The summed E-state index contributed by atoms with van der Waals surface area (Å²) < 4.78 is 36.7. The fraction of sp³-hybridized carbons (Fsp3) is 0.438. The van der Waals surface area contributed by atoms with Crippen LogP contribution < -0.4 is 15.5 Å². The van der Waals surface area contributed by atoms with Crippen LogP contribution in [0.5, 0.6) is 0 Å². The van der Waals surface area contributed by atoms with Crippen molar-refractivity contribution in [1.29, 1.82) is 0 Å². The molecule has 0 bridgehead atoms. The Balaban J connectivity index is 1.02. The minimum atomic E-state index is -2.88. The highest BCUT2D eigenvalue weighted by Crippen LogP contribution is 2.33. The maximum absolute atomic E-state index is 14.1. The number of hydrogen-bond donors (Lipinski definition) is 2. The molecule has 0 aliphatic carbocycles. The van der Waals surface area contributed by atoms with Gasteiger partial charge in [-0.05, 0) is 36.5 Å². The predicted octanol–water partition coefficient (Wildman–Crippen LogP) is 3.31. The van der Waals surface area contributed by atoms with Crippen molar-refractivity contribution in [2.75, 3.05) is 49.6 Å². The quantitative estimate of drug-likeness (QED) is 0.276. The first-order valence-electron chi connectivity index (χ1n) is 15.8. The van der Waals surface area contributed by atoms with Crippen LogP contribution in [-0.2, 0) is 20.9 Å². The van der Waals surface area contributed by atoms with Crippen LogP contribution in [0.3, 0.4) is 0 Å². The molecule has 1 atom stereocenters. The van der Waals surface area contributed by atoms with Crippen molar-refractivity contribution in [3.05, 3.63) is 71.3 Å². The number of carbonyl (C=O) groups excluding carboxylic acids is 3. The van der Waals surface area contributed by atoms with E-state index >= 15 is 0 Å². The Morgan fingerprint density at radius 2 is 1.85 bits per heavy atom. The van der Waals surface area contributed by atoms with Gasteiger partial charge in [0.25, 0.3) is 12.3 Å². The largest absolute Gasteiger partial charge is 0.378 e. The molecule has 47 heavy (non-hydrogen) atoms. The Kier molecular flexibility index (Phi) is 8.64. The van der Waals surface area contributed by atoms with Crippen molar-refractivity contribution in [3.63, 3.8) is 0 Å².